The zero-order valence-electron chi connectivity index (χ0n) is 12.9. The Bertz CT molecular complexity index is 660. The average Bonchev–Trinajstić information content (AvgIpc) is 2.83. The molecule has 0 N–H and O–H groups in total. The van der Waals surface area contributed by atoms with Crippen molar-refractivity contribution in [3.8, 4) is 6.07 Å². The third-order valence-electron chi connectivity index (χ3n) is 4.75. The van der Waals surface area contributed by atoms with Crippen molar-refractivity contribution in [2.75, 3.05) is 25.3 Å². The highest BCUT2D eigenvalue weighted by atomic mass is 32.2. The number of hydrogen-bond donors (Lipinski definition) is 0. The van der Waals surface area contributed by atoms with Gasteiger partial charge in [-0.05, 0) is 24.2 Å². The summed E-state index contributed by atoms with van der Waals surface area (Å²) in [4.78, 5) is 2.03. The summed E-state index contributed by atoms with van der Waals surface area (Å²) in [5.74, 6) is 1.00. The molecule has 0 bridgehead atoms. The van der Waals surface area contributed by atoms with E-state index in [-0.39, 0.29) is 5.41 Å². The van der Waals surface area contributed by atoms with Gasteiger partial charge in [0.1, 0.15) is 6.07 Å². The lowest BCUT2D eigenvalue weighted by molar-refractivity contribution is 0.597. The molecule has 1 aromatic rings. The van der Waals surface area contributed by atoms with Crippen molar-refractivity contribution in [3.05, 3.63) is 17.0 Å². The van der Waals surface area contributed by atoms with Crippen molar-refractivity contribution in [1.29, 1.82) is 5.26 Å². The summed E-state index contributed by atoms with van der Waals surface area (Å²) in [5.41, 5.74) is 4.36. The minimum Gasteiger partial charge on any atom is -0.375 e. The molecule has 5 heteroatoms. The third kappa shape index (κ3) is 1.46. The lowest BCUT2D eigenvalue weighted by atomic mass is 10.0. The highest BCUT2D eigenvalue weighted by molar-refractivity contribution is 8.13. The molecule has 2 heterocycles. The molecule has 0 aromatic carbocycles. The van der Waals surface area contributed by atoms with Gasteiger partial charge in [-0.1, -0.05) is 13.8 Å². The summed E-state index contributed by atoms with van der Waals surface area (Å²) >= 11 is 1.71. The van der Waals surface area contributed by atoms with E-state index in [0.717, 1.165) is 10.7 Å². The largest absolute Gasteiger partial charge is 0.375 e. The zero-order chi connectivity index (χ0) is 14.8. The van der Waals surface area contributed by atoms with Gasteiger partial charge in [0, 0.05) is 25.9 Å². The van der Waals surface area contributed by atoms with Crippen LogP contribution in [0, 0.1) is 29.6 Å². The Kier molecular flexibility index (Phi) is 2.74. The van der Waals surface area contributed by atoms with Gasteiger partial charge in [-0.3, -0.25) is 0 Å². The minimum atomic E-state index is 0.246. The van der Waals surface area contributed by atoms with Crippen molar-refractivity contribution < 1.29 is 0 Å². The number of fused-ring (bicyclic) bond motifs is 3. The summed E-state index contributed by atoms with van der Waals surface area (Å²) in [5, 5.41) is 15.5. The Morgan fingerprint density at radius 1 is 1.35 bits per heavy atom. The molecule has 1 aliphatic carbocycles. The van der Waals surface area contributed by atoms with Crippen molar-refractivity contribution in [2.45, 2.75) is 26.7 Å². The van der Waals surface area contributed by atoms with E-state index in [0.29, 0.717) is 17.5 Å². The Labute approximate surface area is 124 Å². The molecule has 4 nitrogen and oxygen atoms in total. The first-order chi connectivity index (χ1) is 9.36. The van der Waals surface area contributed by atoms with Crippen molar-refractivity contribution in [1.82, 2.24) is 4.68 Å². The predicted octanol–water partition coefficient (Wildman–Crippen LogP) is 3.01. The molecule has 1 saturated carbocycles. The van der Waals surface area contributed by atoms with Gasteiger partial charge in [0.2, 0.25) is 0 Å². The van der Waals surface area contributed by atoms with Gasteiger partial charge in [-0.15, -0.1) is 11.8 Å². The van der Waals surface area contributed by atoms with Crippen LogP contribution < -0.4 is 4.90 Å². The monoisotopic (exact) mass is 288 g/mol. The topological polar surface area (TPSA) is 44.3 Å². The molecule has 20 heavy (non-hydrogen) atoms. The summed E-state index contributed by atoms with van der Waals surface area (Å²) in [6.07, 6.45) is 2.07. The number of nitrogens with zero attached hydrogens (tertiary/aromatic N) is 4. The average molecular weight is 288 g/mol. The molecule has 106 valence electrons. The summed E-state index contributed by atoms with van der Waals surface area (Å²) < 4.78 is 1.90. The summed E-state index contributed by atoms with van der Waals surface area (Å²) in [7, 11) is 3.98. The SMILES string of the molecule is CSC1=Nn2c(C#N)c(N(C)C)c(C)c2[C@H]2[C@@H]1C2(C)C. The van der Waals surface area contributed by atoms with Crippen molar-refractivity contribution >= 4 is 22.5 Å². The lowest BCUT2D eigenvalue weighted by Crippen LogP contribution is -2.12. The quantitative estimate of drug-likeness (QED) is 0.798. The van der Waals surface area contributed by atoms with Crippen LogP contribution in [0.25, 0.3) is 0 Å². The van der Waals surface area contributed by atoms with E-state index in [1.807, 2.05) is 23.7 Å². The Balaban J connectivity index is 2.30. The van der Waals surface area contributed by atoms with Gasteiger partial charge in [-0.2, -0.15) is 10.4 Å². The molecular formula is C15H20N4S. The van der Waals surface area contributed by atoms with E-state index in [1.165, 1.54) is 11.3 Å². The second-order valence-corrected chi connectivity index (χ2v) is 7.27. The maximum atomic E-state index is 9.55. The van der Waals surface area contributed by atoms with Crippen LogP contribution in [0.3, 0.4) is 0 Å². The fraction of sp³-hybridized carbons (Fsp3) is 0.600. The third-order valence-corrected chi connectivity index (χ3v) is 5.51. The first-order valence-electron chi connectivity index (χ1n) is 6.81. The standard InChI is InChI=1S/C15H20N4S/c1-8-12(18(4)5)9(7-16)19-13(8)10-11(15(10,2)3)14(17-19)20-6/h10-11H,1-6H3/t10-,11+/m1/s1. The fourth-order valence-electron chi connectivity index (χ4n) is 3.73. The molecule has 3 rings (SSSR count). The lowest BCUT2D eigenvalue weighted by Gasteiger charge is -2.13. The molecule has 2 atom stereocenters. The van der Waals surface area contributed by atoms with Crippen LogP contribution in [-0.4, -0.2) is 30.1 Å². The van der Waals surface area contributed by atoms with E-state index >= 15 is 0 Å². The Hall–Kier alpha value is -1.41. The van der Waals surface area contributed by atoms with Crippen molar-refractivity contribution in [3.63, 3.8) is 0 Å². The second kappa shape index (κ2) is 4.05. The second-order valence-electron chi connectivity index (χ2n) is 6.44. The van der Waals surface area contributed by atoms with E-state index in [2.05, 4.69) is 33.1 Å². The molecule has 1 aromatic heterocycles. The van der Waals surface area contributed by atoms with Gasteiger partial charge in [-0.25, -0.2) is 4.68 Å². The van der Waals surface area contributed by atoms with Crippen molar-refractivity contribution in [2.24, 2.45) is 16.4 Å². The highest BCUT2D eigenvalue weighted by Gasteiger charge is 2.64. The summed E-state index contributed by atoms with van der Waals surface area (Å²) in [6.45, 7) is 6.72. The molecule has 2 aliphatic rings. The highest BCUT2D eigenvalue weighted by Crippen LogP contribution is 2.68. The number of hydrogen-bond acceptors (Lipinski definition) is 4. The normalized spacial score (nSPS) is 25.4. The maximum Gasteiger partial charge on any atom is 0.165 e. The van der Waals surface area contributed by atoms with Gasteiger partial charge < -0.3 is 4.90 Å². The van der Waals surface area contributed by atoms with Gasteiger partial charge >= 0.3 is 0 Å². The molecule has 0 radical (unpaired) electrons. The molecule has 0 amide bonds. The smallest absolute Gasteiger partial charge is 0.165 e. The number of thioether (sulfide) groups is 1. The van der Waals surface area contributed by atoms with Gasteiger partial charge in [0.25, 0.3) is 0 Å². The predicted molar refractivity (Wildman–Crippen MR) is 84.6 cm³/mol. The molecule has 1 aliphatic heterocycles. The Morgan fingerprint density at radius 3 is 2.50 bits per heavy atom. The first-order valence-corrected chi connectivity index (χ1v) is 8.04. The molecule has 0 spiro atoms. The number of rotatable bonds is 1. The summed E-state index contributed by atoms with van der Waals surface area (Å²) in [6, 6.07) is 2.34. The van der Waals surface area contributed by atoms with E-state index in [9.17, 15) is 5.26 Å². The molecule has 1 fully saturated rings. The van der Waals surface area contributed by atoms with Crippen LogP contribution in [0.15, 0.2) is 5.10 Å². The van der Waals surface area contributed by atoms with Crippen LogP contribution in [-0.2, 0) is 0 Å². The van der Waals surface area contributed by atoms with Crippen LogP contribution in [0.1, 0.15) is 36.7 Å². The number of nitriles is 1. The molecular weight excluding hydrogens is 268 g/mol. The molecule has 0 saturated heterocycles. The number of aromatic nitrogens is 1. The van der Waals surface area contributed by atoms with Crippen LogP contribution in [0.5, 0.6) is 0 Å². The maximum absolute atomic E-state index is 9.55. The Morgan fingerprint density at radius 2 is 2.00 bits per heavy atom. The molecule has 0 unspecified atom stereocenters. The van der Waals surface area contributed by atoms with Crippen LogP contribution in [0.2, 0.25) is 0 Å². The van der Waals surface area contributed by atoms with E-state index in [1.54, 1.807) is 11.8 Å². The van der Waals surface area contributed by atoms with Gasteiger partial charge in [0.15, 0.2) is 5.69 Å². The van der Waals surface area contributed by atoms with Crippen LogP contribution in [0.4, 0.5) is 5.69 Å². The van der Waals surface area contributed by atoms with E-state index < -0.39 is 0 Å². The van der Waals surface area contributed by atoms with Gasteiger partial charge in [0.05, 0.1) is 16.4 Å². The number of anilines is 1. The minimum absolute atomic E-state index is 0.246. The zero-order valence-corrected chi connectivity index (χ0v) is 13.7. The first kappa shape index (κ1) is 13.6. The van der Waals surface area contributed by atoms with E-state index in [4.69, 9.17) is 5.10 Å². The fourth-order valence-corrected chi connectivity index (χ4v) is 4.59. The van der Waals surface area contributed by atoms with Crippen LogP contribution >= 0.6 is 11.8 Å².